The molecule has 59 heavy (non-hydrogen) atoms. The van der Waals surface area contributed by atoms with Gasteiger partial charge in [-0.05, 0) is 61.9 Å². The summed E-state index contributed by atoms with van der Waals surface area (Å²) in [5.74, 6) is -1.72. The van der Waals surface area contributed by atoms with Crippen molar-refractivity contribution in [2.75, 3.05) is 59.4 Å². The highest BCUT2D eigenvalue weighted by atomic mass is 16.6. The van der Waals surface area contributed by atoms with E-state index >= 15 is 4.79 Å². The van der Waals surface area contributed by atoms with E-state index in [-0.39, 0.29) is 12.5 Å². The zero-order valence-electron chi connectivity index (χ0n) is 35.1. The summed E-state index contributed by atoms with van der Waals surface area (Å²) < 4.78 is 18.5. The van der Waals surface area contributed by atoms with E-state index in [1.165, 1.54) is 26.7 Å². The van der Waals surface area contributed by atoms with Crippen LogP contribution in [-0.2, 0) is 41.1 Å². The van der Waals surface area contributed by atoms with E-state index in [1.54, 1.807) is 7.11 Å². The van der Waals surface area contributed by atoms with Crippen molar-refractivity contribution in [1.82, 2.24) is 20.1 Å². The largest absolute Gasteiger partial charge is 0.496 e. The molecule has 1 spiro atoms. The topological polar surface area (TPSA) is 157 Å². The van der Waals surface area contributed by atoms with Gasteiger partial charge in [-0.25, -0.2) is 0 Å². The van der Waals surface area contributed by atoms with Gasteiger partial charge in [0.15, 0.2) is 6.10 Å². The fourth-order valence-corrected chi connectivity index (χ4v) is 13.1. The van der Waals surface area contributed by atoms with Crippen LogP contribution in [0.2, 0.25) is 0 Å². The van der Waals surface area contributed by atoms with Gasteiger partial charge in [-0.1, -0.05) is 55.8 Å². The number of fused-ring (bicyclic) bond motifs is 6. The van der Waals surface area contributed by atoms with Gasteiger partial charge in [0.2, 0.25) is 5.60 Å². The summed E-state index contributed by atoms with van der Waals surface area (Å²) in [6, 6.07) is 10.9. The number of para-hydroxylation sites is 1. The number of carbonyl (C=O) groups excluding carboxylic acids is 3. The molecule has 2 bridgehead atoms. The number of nitrogens with zero attached hydrogens (tertiary/aromatic N) is 3. The Bertz CT molecular complexity index is 2300. The summed E-state index contributed by atoms with van der Waals surface area (Å²) in [7, 11) is 6.38. The first-order valence-corrected chi connectivity index (χ1v) is 21.1. The third-order valence-corrected chi connectivity index (χ3v) is 15.3. The Balaban J connectivity index is 1.38. The number of anilines is 1. The van der Waals surface area contributed by atoms with Gasteiger partial charge in [-0.2, -0.15) is 0 Å². The van der Waals surface area contributed by atoms with Crippen molar-refractivity contribution in [2.45, 2.75) is 93.7 Å². The number of aliphatic hydroxyl groups excluding tert-OH is 1. The molecule has 1 unspecified atom stereocenters. The van der Waals surface area contributed by atoms with Crippen molar-refractivity contribution < 1.29 is 38.8 Å². The molecule has 314 valence electrons. The number of H-pyrrole nitrogens is 1. The minimum absolute atomic E-state index is 0.177. The lowest BCUT2D eigenvalue weighted by Crippen LogP contribution is -2.82. The number of aromatic nitrogens is 1. The standard InChI is InChI=1S/C46H57N5O8/c1-8-27-21-28-24-45(42(55)58-7,36-30(15-19-51(25-27)37(28)53)29-13-10-11-14-33(29)48-36)32-22-31-34(23-35(32)57-6)49(5)39-44(31)17-20-50-18-12-16-43(9-2,38(44)50)40(59-26(3)52)46(39,56)41(54)47-4/h10-14,16,21-23,28,37-40,48,53,56H,8-9,15,17-20,24-25H2,1-7H3,(H,47,54)/t28-,37-,38+,39-,40-,43-,44-,45+,46+/m1/s1. The van der Waals surface area contributed by atoms with E-state index < -0.39 is 64.0 Å². The smallest absolute Gasteiger partial charge is 0.322 e. The second-order valence-electron chi connectivity index (χ2n) is 17.6. The lowest BCUT2D eigenvalue weighted by Gasteiger charge is -2.63. The molecule has 13 heteroatoms. The highest BCUT2D eigenvalue weighted by molar-refractivity contribution is 5.95. The Kier molecular flexibility index (Phi) is 9.39. The van der Waals surface area contributed by atoms with Crippen molar-refractivity contribution in [3.05, 3.63) is 82.6 Å². The first-order valence-electron chi connectivity index (χ1n) is 21.1. The third kappa shape index (κ3) is 5.07. The highest BCUT2D eigenvalue weighted by Crippen LogP contribution is 2.68. The molecule has 2 aromatic carbocycles. The molecule has 1 amide bonds. The first kappa shape index (κ1) is 39.8. The Morgan fingerprint density at radius 2 is 1.83 bits per heavy atom. The molecule has 4 N–H and O–H groups in total. The summed E-state index contributed by atoms with van der Waals surface area (Å²) in [5, 5.41) is 29.3. The maximum Gasteiger partial charge on any atom is 0.322 e. The molecule has 1 saturated heterocycles. The minimum Gasteiger partial charge on any atom is -0.496 e. The van der Waals surface area contributed by atoms with Crippen LogP contribution in [0.5, 0.6) is 5.75 Å². The van der Waals surface area contributed by atoms with E-state index in [0.717, 1.165) is 34.1 Å². The maximum absolute atomic E-state index is 15.3. The molecule has 1 aliphatic carbocycles. The number of rotatable bonds is 7. The fourth-order valence-electron chi connectivity index (χ4n) is 13.1. The number of methoxy groups -OCH3 is 2. The van der Waals surface area contributed by atoms with Crippen LogP contribution < -0.4 is 15.0 Å². The fraction of sp³-hybridized carbons (Fsp3) is 0.543. The zero-order chi connectivity index (χ0) is 41.8. The highest BCUT2D eigenvalue weighted by Gasteiger charge is 2.80. The van der Waals surface area contributed by atoms with E-state index in [4.69, 9.17) is 14.2 Å². The van der Waals surface area contributed by atoms with Gasteiger partial charge in [0.1, 0.15) is 17.4 Å². The van der Waals surface area contributed by atoms with E-state index in [2.05, 4.69) is 57.4 Å². The molecule has 2 fully saturated rings. The molecule has 10 atom stereocenters. The molecule has 5 aliphatic heterocycles. The van der Waals surface area contributed by atoms with Crippen LogP contribution in [0.1, 0.15) is 68.8 Å². The quantitative estimate of drug-likeness (QED) is 0.204. The van der Waals surface area contributed by atoms with Crippen LogP contribution in [-0.4, -0.2) is 127 Å². The number of aromatic amines is 1. The third-order valence-electron chi connectivity index (χ3n) is 15.3. The number of esters is 2. The summed E-state index contributed by atoms with van der Waals surface area (Å²) in [6.07, 6.45) is 6.84. The maximum atomic E-state index is 15.3. The minimum atomic E-state index is -2.20. The number of likely N-dealkylation sites (N-methyl/N-ethyl adjacent to an activating group) is 2. The van der Waals surface area contributed by atoms with E-state index in [9.17, 15) is 19.8 Å². The van der Waals surface area contributed by atoms with Crippen LogP contribution in [0.25, 0.3) is 10.9 Å². The van der Waals surface area contributed by atoms with Gasteiger partial charge >= 0.3 is 11.9 Å². The van der Waals surface area contributed by atoms with Crippen LogP contribution in [0.4, 0.5) is 5.69 Å². The number of nitrogens with one attached hydrogen (secondary N) is 2. The second-order valence-corrected chi connectivity index (χ2v) is 17.6. The van der Waals surface area contributed by atoms with Gasteiger partial charge in [0.25, 0.3) is 5.91 Å². The van der Waals surface area contributed by atoms with Crippen molar-refractivity contribution >= 4 is 34.4 Å². The SMILES string of the molecule is CCC1=C[C@@H]2C[C@](C(=O)OC)(c3cc4c(cc3OC)N(C)[C@H]3[C@@](O)(C(=O)NC)[C@H](OC(C)=O)[C@]5(CC)C=CCN6CC[C@]43[C@@H]65)c3[nH]c4ccccc4c3CCN(C1)[C@@H]2O. The molecular weight excluding hydrogens is 751 g/mol. The van der Waals surface area contributed by atoms with Crippen molar-refractivity contribution in [2.24, 2.45) is 11.3 Å². The van der Waals surface area contributed by atoms with Crippen LogP contribution in [0.3, 0.4) is 0 Å². The van der Waals surface area contributed by atoms with Crippen LogP contribution in [0.15, 0.2) is 60.2 Å². The predicted molar refractivity (Wildman–Crippen MR) is 222 cm³/mol. The Labute approximate surface area is 345 Å². The van der Waals surface area contributed by atoms with Gasteiger partial charge < -0.3 is 39.6 Å². The lowest BCUT2D eigenvalue weighted by atomic mass is 9.47. The average Bonchev–Trinajstić information content (AvgIpc) is 3.90. The van der Waals surface area contributed by atoms with Crippen LogP contribution >= 0.6 is 0 Å². The van der Waals surface area contributed by atoms with E-state index in [1.807, 2.05) is 43.1 Å². The monoisotopic (exact) mass is 807 g/mol. The van der Waals surface area contributed by atoms with Gasteiger partial charge in [0, 0.05) is 97.4 Å². The molecule has 0 radical (unpaired) electrons. The van der Waals surface area contributed by atoms with Gasteiger partial charge in [-0.3, -0.25) is 24.2 Å². The summed E-state index contributed by atoms with van der Waals surface area (Å²) in [6.45, 7) is 8.02. The Hall–Kier alpha value is -4.69. The molecular formula is C46H57N5O8. The van der Waals surface area contributed by atoms with E-state index in [0.29, 0.717) is 62.4 Å². The Morgan fingerprint density at radius 1 is 1.05 bits per heavy atom. The van der Waals surface area contributed by atoms with Crippen molar-refractivity contribution in [3.63, 3.8) is 0 Å². The predicted octanol–water partition coefficient (Wildman–Crippen LogP) is 3.69. The molecule has 3 aromatic rings. The Morgan fingerprint density at radius 3 is 2.53 bits per heavy atom. The average molecular weight is 808 g/mol. The number of amides is 1. The number of hydrogen-bond donors (Lipinski definition) is 4. The molecule has 6 heterocycles. The van der Waals surface area contributed by atoms with Crippen molar-refractivity contribution in [1.29, 1.82) is 0 Å². The van der Waals surface area contributed by atoms with Gasteiger partial charge in [-0.15, -0.1) is 0 Å². The van der Waals surface area contributed by atoms with Crippen molar-refractivity contribution in [3.8, 4) is 5.75 Å². The molecule has 13 nitrogen and oxygen atoms in total. The summed E-state index contributed by atoms with van der Waals surface area (Å²) in [4.78, 5) is 53.1. The number of benzene rings is 2. The number of ether oxygens (including phenoxy) is 3. The summed E-state index contributed by atoms with van der Waals surface area (Å²) in [5.41, 5.74) is 0.415. The number of hydrogen-bond acceptors (Lipinski definition) is 11. The second kappa shape index (κ2) is 13.9. The first-order chi connectivity index (χ1) is 28.3. The number of aliphatic hydroxyl groups is 2. The molecule has 6 aliphatic rings. The molecule has 9 rings (SSSR count). The summed E-state index contributed by atoms with van der Waals surface area (Å²) >= 11 is 0. The van der Waals surface area contributed by atoms with Crippen LogP contribution in [0, 0.1) is 11.3 Å². The zero-order valence-corrected chi connectivity index (χ0v) is 35.1. The molecule has 1 aromatic heterocycles. The molecule has 1 saturated carbocycles. The lowest BCUT2D eigenvalue weighted by molar-refractivity contribution is -0.217. The van der Waals surface area contributed by atoms with Gasteiger partial charge in [0.05, 0.1) is 20.3 Å². The number of carbonyl (C=O) groups is 3. The normalized spacial score (nSPS) is 35.6.